The molecule has 150 valence electrons. The average molecular weight is 400 g/mol. The molecule has 30 heavy (non-hydrogen) atoms. The normalized spacial score (nSPS) is 15.2. The summed E-state index contributed by atoms with van der Waals surface area (Å²) in [7, 11) is 1.72. The number of aliphatic imine (C=N–C) groups is 1. The van der Waals surface area contributed by atoms with E-state index in [1.807, 2.05) is 18.2 Å². The van der Waals surface area contributed by atoms with E-state index in [-0.39, 0.29) is 5.82 Å². The number of fused-ring (bicyclic) bond motifs is 3. The quantitative estimate of drug-likeness (QED) is 0.668. The maximum Gasteiger partial charge on any atom is 0.223 e. The molecule has 1 aliphatic heterocycles. The molecule has 0 spiro atoms. The van der Waals surface area contributed by atoms with Crippen molar-refractivity contribution in [1.29, 1.82) is 0 Å². The van der Waals surface area contributed by atoms with Gasteiger partial charge in [-0.3, -0.25) is 9.98 Å². The molecule has 0 amide bonds. The van der Waals surface area contributed by atoms with Crippen LogP contribution in [0.1, 0.15) is 16.8 Å². The lowest BCUT2D eigenvalue weighted by atomic mass is 10.0. The summed E-state index contributed by atoms with van der Waals surface area (Å²) >= 11 is 0. The van der Waals surface area contributed by atoms with Crippen molar-refractivity contribution in [2.45, 2.75) is 13.5 Å². The number of allylic oxidation sites excluding steroid dienone is 2. The van der Waals surface area contributed by atoms with E-state index < -0.39 is 0 Å². The molecule has 4 rings (SSSR count). The number of hydrogen-bond donors (Lipinski definition) is 2. The fraction of sp³-hybridized carbons (Fsp3) is 0.130. The smallest absolute Gasteiger partial charge is 0.223 e. The lowest BCUT2D eigenvalue weighted by Gasteiger charge is -2.12. The Hall–Kier alpha value is -3.87. The van der Waals surface area contributed by atoms with Crippen molar-refractivity contribution in [3.05, 3.63) is 84.2 Å². The van der Waals surface area contributed by atoms with Gasteiger partial charge in [0.05, 0.1) is 17.6 Å². The van der Waals surface area contributed by atoms with Crippen LogP contribution in [0.15, 0.2) is 66.6 Å². The summed E-state index contributed by atoms with van der Waals surface area (Å²) in [5.74, 6) is 0.923. The molecular formula is C23H21FN6. The van der Waals surface area contributed by atoms with Crippen molar-refractivity contribution in [3.63, 3.8) is 0 Å². The van der Waals surface area contributed by atoms with Crippen LogP contribution >= 0.6 is 0 Å². The second kappa shape index (κ2) is 8.24. The molecule has 2 N–H and O–H groups in total. The maximum atomic E-state index is 13.5. The van der Waals surface area contributed by atoms with Gasteiger partial charge in [-0.15, -0.1) is 0 Å². The largest absolute Gasteiger partial charge is 0.350 e. The standard InChI is InChI=1S/C23H21FN6/c1-4-5-17-21-18(16-8-9-26-13-20(16)29-22(17)25-3)12-28-23(30-21)27-11-15-6-7-19(24)14(2)10-15/h4-10,12-13H,1,11H2,2-3H3,(H,25,29)(H,27,28,30)/b17-5-. The molecule has 0 saturated carbocycles. The van der Waals surface area contributed by atoms with Gasteiger partial charge < -0.3 is 10.6 Å². The molecule has 7 heteroatoms. The average Bonchev–Trinajstić information content (AvgIpc) is 2.89. The SMILES string of the molecule is C=C/C=C1\C(=NC)Nc2cnccc2-c2cnc(NCc3ccc(F)c(C)c3)nc21. The minimum atomic E-state index is -0.216. The van der Waals surface area contributed by atoms with Crippen LogP contribution in [0.3, 0.4) is 0 Å². The third-order valence-corrected chi connectivity index (χ3v) is 4.84. The van der Waals surface area contributed by atoms with Crippen LogP contribution < -0.4 is 10.6 Å². The number of anilines is 2. The molecule has 0 atom stereocenters. The van der Waals surface area contributed by atoms with Crippen LogP contribution in [0.4, 0.5) is 16.0 Å². The Morgan fingerprint density at radius 1 is 1.23 bits per heavy atom. The molecule has 3 aromatic rings. The highest BCUT2D eigenvalue weighted by molar-refractivity contribution is 6.31. The van der Waals surface area contributed by atoms with Crippen molar-refractivity contribution < 1.29 is 4.39 Å². The first-order chi connectivity index (χ1) is 14.6. The number of amidine groups is 1. The highest BCUT2D eigenvalue weighted by Gasteiger charge is 2.24. The second-order valence-corrected chi connectivity index (χ2v) is 6.83. The Kier molecular flexibility index (Phi) is 5.34. The highest BCUT2D eigenvalue weighted by Crippen LogP contribution is 2.36. The van der Waals surface area contributed by atoms with Crippen LogP contribution in [0, 0.1) is 12.7 Å². The minimum absolute atomic E-state index is 0.216. The van der Waals surface area contributed by atoms with E-state index in [1.54, 1.807) is 44.7 Å². The second-order valence-electron chi connectivity index (χ2n) is 6.83. The molecule has 0 bridgehead atoms. The van der Waals surface area contributed by atoms with Crippen molar-refractivity contribution in [1.82, 2.24) is 15.0 Å². The summed E-state index contributed by atoms with van der Waals surface area (Å²) in [5, 5.41) is 6.55. The van der Waals surface area contributed by atoms with E-state index in [4.69, 9.17) is 4.98 Å². The van der Waals surface area contributed by atoms with Gasteiger partial charge in [-0.05, 0) is 36.3 Å². The van der Waals surface area contributed by atoms with Gasteiger partial charge in [-0.1, -0.05) is 24.8 Å². The Labute approximate surface area is 174 Å². The fourth-order valence-electron chi connectivity index (χ4n) is 3.36. The molecule has 0 unspecified atom stereocenters. The summed E-state index contributed by atoms with van der Waals surface area (Å²) in [4.78, 5) is 17.9. The monoisotopic (exact) mass is 400 g/mol. The maximum absolute atomic E-state index is 13.5. The Bertz CT molecular complexity index is 1180. The fourth-order valence-corrected chi connectivity index (χ4v) is 3.36. The van der Waals surface area contributed by atoms with Crippen LogP contribution in [0.25, 0.3) is 16.7 Å². The van der Waals surface area contributed by atoms with Crippen LogP contribution in [0.5, 0.6) is 0 Å². The number of benzene rings is 1. The number of aryl methyl sites for hydroxylation is 1. The summed E-state index contributed by atoms with van der Waals surface area (Å²) in [6.07, 6.45) is 8.85. The Morgan fingerprint density at radius 2 is 2.10 bits per heavy atom. The van der Waals surface area contributed by atoms with E-state index >= 15 is 0 Å². The van der Waals surface area contributed by atoms with Crippen molar-refractivity contribution in [2.24, 2.45) is 4.99 Å². The third-order valence-electron chi connectivity index (χ3n) is 4.84. The van der Waals surface area contributed by atoms with Crippen molar-refractivity contribution in [2.75, 3.05) is 17.7 Å². The number of pyridine rings is 1. The van der Waals surface area contributed by atoms with Gasteiger partial charge in [-0.25, -0.2) is 14.4 Å². The minimum Gasteiger partial charge on any atom is -0.350 e. The zero-order valence-electron chi connectivity index (χ0n) is 16.8. The molecule has 2 aromatic heterocycles. The lowest BCUT2D eigenvalue weighted by molar-refractivity contribution is 0.617. The summed E-state index contributed by atoms with van der Waals surface area (Å²) in [6.45, 7) is 6.05. The zero-order chi connectivity index (χ0) is 21.1. The van der Waals surface area contributed by atoms with Crippen molar-refractivity contribution >= 4 is 23.0 Å². The Morgan fingerprint density at radius 3 is 2.87 bits per heavy atom. The molecule has 0 saturated heterocycles. The van der Waals surface area contributed by atoms with Gasteiger partial charge in [0.2, 0.25) is 5.95 Å². The zero-order valence-corrected chi connectivity index (χ0v) is 16.8. The Balaban J connectivity index is 1.75. The lowest BCUT2D eigenvalue weighted by Crippen LogP contribution is -2.14. The van der Waals surface area contributed by atoms with Crippen LogP contribution in [-0.2, 0) is 6.54 Å². The highest BCUT2D eigenvalue weighted by atomic mass is 19.1. The summed E-state index contributed by atoms with van der Waals surface area (Å²) in [6, 6.07) is 6.94. The van der Waals surface area contributed by atoms with Gasteiger partial charge in [0.15, 0.2) is 0 Å². The number of halogens is 1. The van der Waals surface area contributed by atoms with Gasteiger partial charge >= 0.3 is 0 Å². The molecular weight excluding hydrogens is 379 g/mol. The number of aromatic nitrogens is 3. The molecule has 0 fully saturated rings. The van der Waals surface area contributed by atoms with E-state index in [0.29, 0.717) is 23.9 Å². The van der Waals surface area contributed by atoms with E-state index in [1.165, 1.54) is 6.07 Å². The number of hydrogen-bond acceptors (Lipinski definition) is 5. The number of nitrogens with zero attached hydrogens (tertiary/aromatic N) is 4. The number of nitrogens with one attached hydrogen (secondary N) is 2. The predicted octanol–water partition coefficient (Wildman–Crippen LogP) is 4.62. The topological polar surface area (TPSA) is 75.1 Å². The van der Waals surface area contributed by atoms with Crippen LogP contribution in [-0.4, -0.2) is 27.8 Å². The molecule has 6 nitrogen and oxygen atoms in total. The van der Waals surface area contributed by atoms with Crippen LogP contribution in [0.2, 0.25) is 0 Å². The first kappa shape index (κ1) is 19.4. The molecule has 0 aliphatic carbocycles. The molecule has 1 aliphatic rings. The van der Waals surface area contributed by atoms with E-state index in [2.05, 4.69) is 32.2 Å². The van der Waals surface area contributed by atoms with Crippen molar-refractivity contribution in [3.8, 4) is 11.1 Å². The molecule has 3 heterocycles. The summed E-state index contributed by atoms with van der Waals surface area (Å²) < 4.78 is 13.5. The molecule has 0 radical (unpaired) electrons. The third kappa shape index (κ3) is 3.69. The predicted molar refractivity (Wildman–Crippen MR) is 119 cm³/mol. The number of rotatable bonds is 4. The van der Waals surface area contributed by atoms with Gasteiger partial charge in [-0.2, -0.15) is 0 Å². The van der Waals surface area contributed by atoms with E-state index in [0.717, 1.165) is 33.6 Å². The van der Waals surface area contributed by atoms with Gasteiger partial charge in [0, 0.05) is 42.7 Å². The van der Waals surface area contributed by atoms with Gasteiger partial charge in [0.1, 0.15) is 11.7 Å². The first-order valence-electron chi connectivity index (χ1n) is 9.48. The first-order valence-corrected chi connectivity index (χ1v) is 9.48. The molecule has 1 aromatic carbocycles. The van der Waals surface area contributed by atoms with Gasteiger partial charge in [0.25, 0.3) is 0 Å². The summed E-state index contributed by atoms with van der Waals surface area (Å²) in [5.41, 5.74) is 5.74. The van der Waals surface area contributed by atoms with E-state index in [9.17, 15) is 4.39 Å².